The number of carbonyl (C=O) groups excluding carboxylic acids is 1. The van der Waals surface area contributed by atoms with Crippen molar-refractivity contribution in [2.45, 2.75) is 46.0 Å². The van der Waals surface area contributed by atoms with Crippen LogP contribution in [0.2, 0.25) is 0 Å². The minimum Gasteiger partial charge on any atom is -0.494 e. The number of rotatable bonds is 9. The normalized spacial score (nSPS) is 15.6. The van der Waals surface area contributed by atoms with Gasteiger partial charge >= 0.3 is 5.97 Å². The number of hydrogen-bond donors (Lipinski definition) is 0. The van der Waals surface area contributed by atoms with Crippen molar-refractivity contribution in [3.63, 3.8) is 0 Å². The van der Waals surface area contributed by atoms with Crippen LogP contribution in [0.1, 0.15) is 57.2 Å². The Kier molecular flexibility index (Phi) is 8.08. The summed E-state index contributed by atoms with van der Waals surface area (Å²) in [6.45, 7) is 8.33. The molecule has 1 aliphatic carbocycles. The molecule has 0 unspecified atom stereocenters. The smallest absolute Gasteiger partial charge is 0.316 e. The molecule has 0 atom stereocenters. The fourth-order valence-electron chi connectivity index (χ4n) is 4.72. The third kappa shape index (κ3) is 5.91. The Labute approximate surface area is 220 Å². The molecule has 0 spiro atoms. The second-order valence-corrected chi connectivity index (χ2v) is 9.52. The number of methoxy groups -OCH3 is 1. The summed E-state index contributed by atoms with van der Waals surface area (Å²) in [6, 6.07) is 26.9. The van der Waals surface area contributed by atoms with Crippen molar-refractivity contribution < 1.29 is 14.3 Å². The summed E-state index contributed by atoms with van der Waals surface area (Å²) in [5.74, 6) is 0.641. The Balaban J connectivity index is 1.52. The summed E-state index contributed by atoms with van der Waals surface area (Å²) < 4.78 is 11.0. The first kappa shape index (κ1) is 26.2. The molecule has 0 aliphatic heterocycles. The lowest BCUT2D eigenvalue weighted by Gasteiger charge is -2.15. The molecular weight excluding hydrogens is 458 g/mol. The topological polar surface area (TPSA) is 47.9 Å². The van der Waals surface area contributed by atoms with E-state index < -0.39 is 5.41 Å². The second-order valence-electron chi connectivity index (χ2n) is 9.52. The molecule has 3 aromatic rings. The fraction of sp³-hybridized carbons (Fsp3) is 0.273. The molecule has 3 aromatic carbocycles. The highest BCUT2D eigenvalue weighted by Crippen LogP contribution is 2.49. The van der Waals surface area contributed by atoms with E-state index in [1.54, 1.807) is 7.11 Å². The molecule has 4 rings (SSSR count). The van der Waals surface area contributed by atoms with E-state index >= 15 is 0 Å². The first-order chi connectivity index (χ1) is 17.9. The fourth-order valence-corrected chi connectivity index (χ4v) is 4.72. The highest BCUT2D eigenvalue weighted by molar-refractivity contribution is 5.99. The summed E-state index contributed by atoms with van der Waals surface area (Å²) >= 11 is 0. The van der Waals surface area contributed by atoms with Crippen molar-refractivity contribution in [2.24, 2.45) is 4.99 Å². The summed E-state index contributed by atoms with van der Waals surface area (Å²) in [7, 11) is 1.68. The van der Waals surface area contributed by atoms with Crippen molar-refractivity contribution in [1.82, 2.24) is 0 Å². The van der Waals surface area contributed by atoms with Gasteiger partial charge in [-0.15, -0.1) is 0 Å². The Morgan fingerprint density at radius 2 is 1.46 bits per heavy atom. The van der Waals surface area contributed by atoms with Gasteiger partial charge in [-0.05, 0) is 74.4 Å². The lowest BCUT2D eigenvalue weighted by Crippen LogP contribution is -2.23. The van der Waals surface area contributed by atoms with E-state index in [2.05, 4.69) is 73.7 Å². The number of aliphatic imine (C=N–C) groups is 1. The lowest BCUT2D eigenvalue weighted by atomic mass is 9.93. The zero-order valence-corrected chi connectivity index (χ0v) is 22.4. The van der Waals surface area contributed by atoms with Gasteiger partial charge in [0.1, 0.15) is 5.76 Å². The van der Waals surface area contributed by atoms with Gasteiger partial charge in [0.05, 0.1) is 24.8 Å². The quantitative estimate of drug-likeness (QED) is 0.173. The van der Waals surface area contributed by atoms with Gasteiger partial charge in [-0.3, -0.25) is 9.79 Å². The van der Waals surface area contributed by atoms with E-state index in [0.29, 0.717) is 6.61 Å². The Morgan fingerprint density at radius 3 is 2.00 bits per heavy atom. The predicted octanol–water partition coefficient (Wildman–Crippen LogP) is 7.85. The van der Waals surface area contributed by atoms with Gasteiger partial charge in [-0.25, -0.2) is 0 Å². The van der Waals surface area contributed by atoms with Crippen LogP contribution in [0.5, 0.6) is 0 Å². The standard InChI is InChI=1S/C33H35NO3/c1-6-37-32(35)33(20-21-33)30-18-16-28(17-19-30)27-12-14-29(15-13-27)31(36-5)25(4)34-24(3)22-23(2)26-10-8-7-9-11-26/h7-19,22H,6,20-21H2,1-5H3/b23-22+,31-25+,34-24-. The Morgan fingerprint density at radius 1 is 0.865 bits per heavy atom. The van der Waals surface area contributed by atoms with E-state index in [9.17, 15) is 4.79 Å². The maximum absolute atomic E-state index is 12.4. The average Bonchev–Trinajstić information content (AvgIpc) is 3.72. The molecule has 0 heterocycles. The molecule has 0 amide bonds. The van der Waals surface area contributed by atoms with Crippen molar-refractivity contribution in [3.8, 4) is 11.1 Å². The predicted molar refractivity (Wildman–Crippen MR) is 152 cm³/mol. The molecule has 1 aliphatic rings. The first-order valence-electron chi connectivity index (χ1n) is 12.8. The van der Waals surface area contributed by atoms with Crippen LogP contribution in [0.3, 0.4) is 0 Å². The average molecular weight is 494 g/mol. The number of nitrogens with zero attached hydrogens (tertiary/aromatic N) is 1. The Bertz CT molecular complexity index is 1330. The van der Waals surface area contributed by atoms with Crippen molar-refractivity contribution in [3.05, 3.63) is 107 Å². The van der Waals surface area contributed by atoms with Gasteiger partial charge in [0.15, 0.2) is 0 Å². The van der Waals surface area contributed by atoms with Crippen molar-refractivity contribution in [1.29, 1.82) is 0 Å². The molecule has 0 radical (unpaired) electrons. The van der Waals surface area contributed by atoms with E-state index in [1.165, 1.54) is 11.1 Å². The van der Waals surface area contributed by atoms with Crippen LogP contribution in [-0.2, 0) is 19.7 Å². The van der Waals surface area contributed by atoms with Gasteiger partial charge < -0.3 is 9.47 Å². The van der Waals surface area contributed by atoms with Crippen LogP contribution in [0.4, 0.5) is 0 Å². The Hall–Kier alpha value is -3.92. The van der Waals surface area contributed by atoms with Crippen molar-refractivity contribution in [2.75, 3.05) is 13.7 Å². The maximum atomic E-state index is 12.4. The van der Waals surface area contributed by atoms with Crippen LogP contribution in [0.25, 0.3) is 22.5 Å². The molecule has 0 bridgehead atoms. The van der Waals surface area contributed by atoms with Crippen molar-refractivity contribution >= 4 is 23.0 Å². The number of carbonyl (C=O) groups is 1. The molecule has 1 saturated carbocycles. The molecule has 0 aromatic heterocycles. The van der Waals surface area contributed by atoms with E-state index in [4.69, 9.17) is 14.5 Å². The number of esters is 1. The molecule has 1 fully saturated rings. The number of benzene rings is 3. The van der Waals surface area contributed by atoms with Gasteiger partial charge in [0.2, 0.25) is 0 Å². The van der Waals surface area contributed by atoms with E-state index in [0.717, 1.165) is 52.3 Å². The molecule has 4 nitrogen and oxygen atoms in total. The molecular formula is C33H35NO3. The lowest BCUT2D eigenvalue weighted by molar-refractivity contribution is -0.146. The van der Waals surface area contributed by atoms with Crippen LogP contribution in [0, 0.1) is 0 Å². The van der Waals surface area contributed by atoms with Gasteiger partial charge in [-0.1, -0.05) is 78.9 Å². The largest absolute Gasteiger partial charge is 0.494 e. The van der Waals surface area contributed by atoms with Crippen LogP contribution < -0.4 is 0 Å². The highest BCUT2D eigenvalue weighted by atomic mass is 16.5. The van der Waals surface area contributed by atoms with E-state index in [-0.39, 0.29) is 5.97 Å². The number of ether oxygens (including phenoxy) is 2. The number of allylic oxidation sites excluding steroid dienone is 3. The van der Waals surface area contributed by atoms with E-state index in [1.807, 2.05) is 39.0 Å². The highest BCUT2D eigenvalue weighted by Gasteiger charge is 2.52. The molecule has 4 heteroatoms. The summed E-state index contributed by atoms with van der Waals surface area (Å²) in [4.78, 5) is 17.2. The molecule has 190 valence electrons. The molecule has 0 N–H and O–H groups in total. The molecule has 0 saturated heterocycles. The monoisotopic (exact) mass is 493 g/mol. The van der Waals surface area contributed by atoms with Gasteiger partial charge in [-0.2, -0.15) is 0 Å². The minimum atomic E-state index is -0.443. The summed E-state index contributed by atoms with van der Waals surface area (Å²) in [5.41, 5.74) is 7.86. The van der Waals surface area contributed by atoms with Crippen LogP contribution in [-0.4, -0.2) is 25.4 Å². The SMILES string of the molecule is CCOC(=O)C1(c2ccc(-c3ccc(\C(OC)=C(C)/N=C(C)\C=C(/C)c4ccccc4)cc3)cc2)CC1. The van der Waals surface area contributed by atoms with Crippen LogP contribution >= 0.6 is 0 Å². The second kappa shape index (κ2) is 11.4. The van der Waals surface area contributed by atoms with Gasteiger partial charge in [0.25, 0.3) is 0 Å². The number of hydrogen-bond acceptors (Lipinski definition) is 4. The summed E-state index contributed by atoms with van der Waals surface area (Å²) in [5, 5.41) is 0. The first-order valence-corrected chi connectivity index (χ1v) is 12.8. The third-order valence-electron chi connectivity index (χ3n) is 6.87. The van der Waals surface area contributed by atoms with Crippen LogP contribution in [0.15, 0.2) is 95.6 Å². The zero-order chi connectivity index (χ0) is 26.4. The zero-order valence-electron chi connectivity index (χ0n) is 22.4. The summed E-state index contributed by atoms with van der Waals surface area (Å²) in [6.07, 6.45) is 3.80. The molecule has 37 heavy (non-hydrogen) atoms. The third-order valence-corrected chi connectivity index (χ3v) is 6.87. The maximum Gasteiger partial charge on any atom is 0.316 e. The van der Waals surface area contributed by atoms with Gasteiger partial charge in [0, 0.05) is 11.3 Å². The minimum absolute atomic E-state index is 0.107.